The molecule has 1 saturated carbocycles. The first-order chi connectivity index (χ1) is 11.7. The number of benzene rings is 1. The van der Waals surface area contributed by atoms with E-state index in [1.54, 1.807) is 6.07 Å². The number of hydrogen-bond donors (Lipinski definition) is 2. The van der Waals surface area contributed by atoms with E-state index in [0.717, 1.165) is 12.1 Å². The van der Waals surface area contributed by atoms with Crippen molar-refractivity contribution >= 4 is 11.9 Å². The summed E-state index contributed by atoms with van der Waals surface area (Å²) in [4.78, 5) is 23.4. The van der Waals surface area contributed by atoms with Crippen LogP contribution < -0.4 is 5.32 Å². The molecule has 7 heteroatoms. The molecule has 3 atom stereocenters. The van der Waals surface area contributed by atoms with E-state index in [4.69, 9.17) is 5.11 Å². The van der Waals surface area contributed by atoms with E-state index in [0.29, 0.717) is 31.2 Å². The molecule has 0 bridgehead atoms. The molecule has 4 nitrogen and oxygen atoms in total. The predicted molar refractivity (Wildman–Crippen MR) is 85.7 cm³/mol. The molecule has 0 aliphatic heterocycles. The molecule has 1 fully saturated rings. The SMILES string of the molecule is CCCC(NC(=O)[C@@H]1CC[C@H](C(=O)O)C1)c1cccc(C(F)(F)F)c1. The molecule has 1 aromatic rings. The van der Waals surface area contributed by atoms with Gasteiger partial charge in [-0.25, -0.2) is 0 Å². The summed E-state index contributed by atoms with van der Waals surface area (Å²) in [6.45, 7) is 1.89. The second-order valence-corrected chi connectivity index (χ2v) is 6.52. The van der Waals surface area contributed by atoms with Gasteiger partial charge in [-0.15, -0.1) is 0 Å². The number of nitrogens with one attached hydrogen (secondary N) is 1. The molecular weight excluding hydrogens is 335 g/mol. The zero-order chi connectivity index (χ0) is 18.6. The smallest absolute Gasteiger partial charge is 0.416 e. The Hall–Kier alpha value is -2.05. The minimum Gasteiger partial charge on any atom is -0.481 e. The number of carboxylic acid groups (broad SMARTS) is 1. The second kappa shape index (κ2) is 7.89. The lowest BCUT2D eigenvalue weighted by Gasteiger charge is -2.22. The number of rotatable bonds is 6. The first kappa shape index (κ1) is 19.3. The van der Waals surface area contributed by atoms with E-state index < -0.39 is 35.6 Å². The molecule has 0 spiro atoms. The van der Waals surface area contributed by atoms with Crippen LogP contribution in [0.5, 0.6) is 0 Å². The van der Waals surface area contributed by atoms with E-state index in [1.807, 2.05) is 6.92 Å². The molecule has 0 saturated heterocycles. The summed E-state index contributed by atoms with van der Waals surface area (Å²) in [5.74, 6) is -2.10. The van der Waals surface area contributed by atoms with Gasteiger partial charge < -0.3 is 10.4 Å². The minimum absolute atomic E-state index is 0.278. The van der Waals surface area contributed by atoms with Crippen LogP contribution in [0.1, 0.15) is 56.2 Å². The number of hydrogen-bond acceptors (Lipinski definition) is 2. The summed E-state index contributed by atoms with van der Waals surface area (Å²) >= 11 is 0. The Kier molecular flexibility index (Phi) is 6.08. The Morgan fingerprint density at radius 1 is 1.28 bits per heavy atom. The highest BCUT2D eigenvalue weighted by molar-refractivity contribution is 5.81. The number of aliphatic carboxylic acids is 1. The van der Waals surface area contributed by atoms with Crippen molar-refractivity contribution in [1.82, 2.24) is 5.32 Å². The third-order valence-electron chi connectivity index (χ3n) is 4.66. The minimum atomic E-state index is -4.43. The third kappa shape index (κ3) is 4.96. The normalized spacial score (nSPS) is 21.8. The fraction of sp³-hybridized carbons (Fsp3) is 0.556. The van der Waals surface area contributed by atoms with Crippen LogP contribution >= 0.6 is 0 Å². The van der Waals surface area contributed by atoms with Crippen LogP contribution in [-0.2, 0) is 15.8 Å². The van der Waals surface area contributed by atoms with Crippen molar-refractivity contribution in [3.05, 3.63) is 35.4 Å². The van der Waals surface area contributed by atoms with Gasteiger partial charge in [-0.3, -0.25) is 9.59 Å². The molecule has 1 aliphatic carbocycles. The maximum Gasteiger partial charge on any atom is 0.416 e. The van der Waals surface area contributed by atoms with Crippen LogP contribution in [0.15, 0.2) is 24.3 Å². The average Bonchev–Trinajstić information content (AvgIpc) is 3.04. The van der Waals surface area contributed by atoms with Gasteiger partial charge in [0.1, 0.15) is 0 Å². The summed E-state index contributed by atoms with van der Waals surface area (Å²) in [6.07, 6.45) is -2.00. The van der Waals surface area contributed by atoms with Crippen LogP contribution in [0.3, 0.4) is 0 Å². The van der Waals surface area contributed by atoms with Gasteiger partial charge >= 0.3 is 12.1 Å². The van der Waals surface area contributed by atoms with Crippen LogP contribution in [0.25, 0.3) is 0 Å². The highest BCUT2D eigenvalue weighted by Gasteiger charge is 2.35. The van der Waals surface area contributed by atoms with Gasteiger partial charge in [0.25, 0.3) is 0 Å². The first-order valence-electron chi connectivity index (χ1n) is 8.42. The van der Waals surface area contributed by atoms with E-state index in [9.17, 15) is 22.8 Å². The molecule has 25 heavy (non-hydrogen) atoms. The van der Waals surface area contributed by atoms with Crippen LogP contribution in [0.2, 0.25) is 0 Å². The number of halogens is 3. The molecule has 1 aliphatic rings. The summed E-state index contributed by atoms with van der Waals surface area (Å²) in [7, 11) is 0. The van der Waals surface area contributed by atoms with Crippen molar-refractivity contribution < 1.29 is 27.9 Å². The van der Waals surface area contributed by atoms with Gasteiger partial charge in [0.05, 0.1) is 17.5 Å². The lowest BCUT2D eigenvalue weighted by Crippen LogP contribution is -2.33. The third-order valence-corrected chi connectivity index (χ3v) is 4.66. The highest BCUT2D eigenvalue weighted by atomic mass is 19.4. The molecule has 0 radical (unpaired) electrons. The summed E-state index contributed by atoms with van der Waals surface area (Å²) in [6, 6.07) is 4.47. The van der Waals surface area contributed by atoms with Crippen molar-refractivity contribution in [3.8, 4) is 0 Å². The van der Waals surface area contributed by atoms with Crippen molar-refractivity contribution in [1.29, 1.82) is 0 Å². The number of carbonyl (C=O) groups is 2. The van der Waals surface area contributed by atoms with Crippen molar-refractivity contribution in [3.63, 3.8) is 0 Å². The molecule has 0 heterocycles. The molecule has 138 valence electrons. The van der Waals surface area contributed by atoms with Crippen LogP contribution in [0.4, 0.5) is 13.2 Å². The molecular formula is C18H22F3NO3. The maximum atomic E-state index is 12.9. The van der Waals surface area contributed by atoms with Gasteiger partial charge in [-0.05, 0) is 43.4 Å². The Morgan fingerprint density at radius 2 is 1.96 bits per heavy atom. The fourth-order valence-electron chi connectivity index (χ4n) is 3.28. The van der Waals surface area contributed by atoms with Gasteiger partial charge in [0, 0.05) is 5.92 Å². The molecule has 1 aromatic carbocycles. The Balaban J connectivity index is 2.11. The highest BCUT2D eigenvalue weighted by Crippen LogP contribution is 2.34. The van der Waals surface area contributed by atoms with Crippen molar-refractivity contribution in [2.75, 3.05) is 0 Å². The zero-order valence-corrected chi connectivity index (χ0v) is 14.0. The van der Waals surface area contributed by atoms with Crippen LogP contribution in [-0.4, -0.2) is 17.0 Å². The van der Waals surface area contributed by atoms with Gasteiger partial charge in [-0.1, -0.05) is 25.5 Å². The monoisotopic (exact) mass is 357 g/mol. The Labute approximate surface area is 144 Å². The fourth-order valence-corrected chi connectivity index (χ4v) is 3.28. The Morgan fingerprint density at radius 3 is 2.52 bits per heavy atom. The number of carbonyl (C=O) groups excluding carboxylic acids is 1. The zero-order valence-electron chi connectivity index (χ0n) is 14.0. The maximum absolute atomic E-state index is 12.9. The van der Waals surface area contributed by atoms with E-state index in [1.165, 1.54) is 6.07 Å². The molecule has 2 N–H and O–H groups in total. The first-order valence-corrected chi connectivity index (χ1v) is 8.42. The number of alkyl halides is 3. The van der Waals surface area contributed by atoms with Gasteiger partial charge in [0.15, 0.2) is 0 Å². The molecule has 0 aromatic heterocycles. The van der Waals surface area contributed by atoms with E-state index in [-0.39, 0.29) is 12.3 Å². The summed E-state index contributed by atoms with van der Waals surface area (Å²) < 4.78 is 38.7. The number of amides is 1. The summed E-state index contributed by atoms with van der Waals surface area (Å²) in [5, 5.41) is 11.8. The van der Waals surface area contributed by atoms with E-state index >= 15 is 0 Å². The van der Waals surface area contributed by atoms with E-state index in [2.05, 4.69) is 5.32 Å². The second-order valence-electron chi connectivity index (χ2n) is 6.52. The summed E-state index contributed by atoms with van der Waals surface area (Å²) in [5.41, 5.74) is -0.329. The largest absolute Gasteiger partial charge is 0.481 e. The molecule has 1 unspecified atom stereocenters. The van der Waals surface area contributed by atoms with Crippen molar-refractivity contribution in [2.45, 2.75) is 51.2 Å². The number of carboxylic acids is 1. The average molecular weight is 357 g/mol. The lowest BCUT2D eigenvalue weighted by atomic mass is 9.98. The topological polar surface area (TPSA) is 66.4 Å². The molecule has 2 rings (SSSR count). The lowest BCUT2D eigenvalue weighted by molar-refractivity contribution is -0.141. The quantitative estimate of drug-likeness (QED) is 0.803. The van der Waals surface area contributed by atoms with Gasteiger partial charge in [-0.2, -0.15) is 13.2 Å². The molecule has 1 amide bonds. The van der Waals surface area contributed by atoms with Gasteiger partial charge in [0.2, 0.25) is 5.91 Å². The predicted octanol–water partition coefficient (Wildman–Crippen LogP) is 4.16. The van der Waals surface area contributed by atoms with Crippen LogP contribution in [0, 0.1) is 11.8 Å². The van der Waals surface area contributed by atoms with Crippen molar-refractivity contribution in [2.24, 2.45) is 11.8 Å². The Bertz CT molecular complexity index is 630. The standard InChI is InChI=1S/C18H22F3NO3/c1-2-4-15(11-5-3-6-14(10-11)18(19,20)21)22-16(23)12-7-8-13(9-12)17(24)25/h3,5-6,10,12-13,15H,2,4,7-9H2,1H3,(H,22,23)(H,24,25)/t12-,13+,15?/m1/s1.